The maximum atomic E-state index is 14.5. The lowest BCUT2D eigenvalue weighted by molar-refractivity contribution is -0.128. The molecule has 4 rings (SSSR count). The summed E-state index contributed by atoms with van der Waals surface area (Å²) < 4.78 is 29.4. The normalized spacial score (nSPS) is 14.0. The number of pyridine rings is 1. The molecule has 1 fully saturated rings. The molecule has 1 saturated heterocycles. The van der Waals surface area contributed by atoms with Crippen molar-refractivity contribution in [1.29, 1.82) is 0 Å². The van der Waals surface area contributed by atoms with E-state index in [1.807, 2.05) is 0 Å². The van der Waals surface area contributed by atoms with Crippen LogP contribution in [0.4, 0.5) is 8.78 Å². The van der Waals surface area contributed by atoms with Crippen LogP contribution in [0, 0.1) is 11.6 Å². The highest BCUT2D eigenvalue weighted by Crippen LogP contribution is 2.27. The molecule has 0 aliphatic carbocycles. The molecule has 1 aliphatic rings. The Balaban J connectivity index is 2.12. The lowest BCUT2D eigenvalue weighted by atomic mass is 10.0. The summed E-state index contributed by atoms with van der Waals surface area (Å²) in [5.41, 5.74) is -1.04. The first-order chi connectivity index (χ1) is 13.9. The molecule has 1 aromatic heterocycles. The number of fused-ring (bicyclic) bond motifs is 1. The van der Waals surface area contributed by atoms with Gasteiger partial charge in [0.25, 0.3) is 5.56 Å². The average Bonchev–Trinajstić information content (AvgIpc) is 3.06. The van der Waals surface area contributed by atoms with Crippen LogP contribution in [-0.2, 0) is 11.3 Å². The van der Waals surface area contributed by atoms with Crippen molar-refractivity contribution in [3.63, 3.8) is 0 Å². The number of carbonyl (C=O) groups is 2. The van der Waals surface area contributed by atoms with Crippen LogP contribution in [0.25, 0.3) is 16.5 Å². The molecule has 29 heavy (non-hydrogen) atoms. The maximum Gasteiger partial charge on any atom is 0.338 e. The topological polar surface area (TPSA) is 79.6 Å². The summed E-state index contributed by atoms with van der Waals surface area (Å²) in [6, 6.07) is 8.78. The molecule has 1 N–H and O–H groups in total. The fourth-order valence-electron chi connectivity index (χ4n) is 3.78. The number of likely N-dealkylation sites (tertiary alicyclic amines) is 1. The Bertz CT molecular complexity index is 1220. The molecule has 6 nitrogen and oxygen atoms in total. The van der Waals surface area contributed by atoms with Crippen LogP contribution in [0.1, 0.15) is 28.9 Å². The molecule has 148 valence electrons. The van der Waals surface area contributed by atoms with Crippen molar-refractivity contribution in [3.8, 4) is 5.69 Å². The Labute approximate surface area is 163 Å². The smallest absolute Gasteiger partial charge is 0.338 e. The van der Waals surface area contributed by atoms with E-state index in [4.69, 9.17) is 0 Å². The third kappa shape index (κ3) is 3.16. The van der Waals surface area contributed by atoms with Crippen LogP contribution in [0.3, 0.4) is 0 Å². The SMILES string of the molecule is O=C(O)c1c(CN2CCCC2=O)n(-c2cccc(F)c2)c(=O)c2c(F)cccc12. The van der Waals surface area contributed by atoms with E-state index in [9.17, 15) is 28.3 Å². The molecule has 2 heterocycles. The van der Waals surface area contributed by atoms with Gasteiger partial charge < -0.3 is 10.0 Å². The van der Waals surface area contributed by atoms with Gasteiger partial charge in [-0.2, -0.15) is 0 Å². The van der Waals surface area contributed by atoms with E-state index in [1.165, 1.54) is 35.2 Å². The molecule has 1 amide bonds. The van der Waals surface area contributed by atoms with Gasteiger partial charge in [0.2, 0.25) is 5.91 Å². The van der Waals surface area contributed by atoms with E-state index in [2.05, 4.69) is 0 Å². The van der Waals surface area contributed by atoms with E-state index < -0.39 is 28.5 Å². The summed E-state index contributed by atoms with van der Waals surface area (Å²) in [5, 5.41) is 9.44. The summed E-state index contributed by atoms with van der Waals surface area (Å²) >= 11 is 0. The number of aromatic nitrogens is 1. The van der Waals surface area contributed by atoms with Crippen molar-refractivity contribution in [2.45, 2.75) is 19.4 Å². The molecular formula is C21H16F2N2O4. The molecule has 0 unspecified atom stereocenters. The van der Waals surface area contributed by atoms with Gasteiger partial charge in [0.05, 0.1) is 28.9 Å². The third-order valence-electron chi connectivity index (χ3n) is 5.05. The zero-order valence-corrected chi connectivity index (χ0v) is 15.2. The summed E-state index contributed by atoms with van der Waals surface area (Å²) in [4.78, 5) is 38.9. The Morgan fingerprint density at radius 2 is 1.86 bits per heavy atom. The largest absolute Gasteiger partial charge is 0.478 e. The lowest BCUT2D eigenvalue weighted by Crippen LogP contribution is -2.32. The predicted octanol–water partition coefficient (Wildman–Crippen LogP) is 3.09. The molecular weight excluding hydrogens is 382 g/mol. The second-order valence-electron chi connectivity index (χ2n) is 6.83. The highest BCUT2D eigenvalue weighted by molar-refractivity contribution is 6.04. The van der Waals surface area contributed by atoms with Gasteiger partial charge >= 0.3 is 5.97 Å². The number of nitrogens with zero attached hydrogens (tertiary/aromatic N) is 2. The van der Waals surface area contributed by atoms with Crippen molar-refractivity contribution < 1.29 is 23.5 Å². The molecule has 0 bridgehead atoms. The van der Waals surface area contributed by atoms with E-state index in [1.54, 1.807) is 0 Å². The van der Waals surface area contributed by atoms with Gasteiger partial charge in [0.15, 0.2) is 0 Å². The van der Waals surface area contributed by atoms with Gasteiger partial charge in [-0.25, -0.2) is 13.6 Å². The van der Waals surface area contributed by atoms with Crippen molar-refractivity contribution >= 4 is 22.6 Å². The Morgan fingerprint density at radius 3 is 2.52 bits per heavy atom. The zero-order valence-electron chi connectivity index (χ0n) is 15.2. The zero-order chi connectivity index (χ0) is 20.7. The lowest BCUT2D eigenvalue weighted by Gasteiger charge is -2.22. The van der Waals surface area contributed by atoms with Crippen LogP contribution in [0.15, 0.2) is 47.3 Å². The van der Waals surface area contributed by atoms with E-state index in [0.717, 1.165) is 16.7 Å². The number of carbonyl (C=O) groups excluding carboxylic acids is 1. The van der Waals surface area contributed by atoms with Crippen molar-refractivity contribution in [1.82, 2.24) is 9.47 Å². The average molecular weight is 398 g/mol. The molecule has 0 saturated carbocycles. The molecule has 0 radical (unpaired) electrons. The van der Waals surface area contributed by atoms with Gasteiger partial charge in [0, 0.05) is 18.4 Å². The van der Waals surface area contributed by atoms with E-state index >= 15 is 0 Å². The van der Waals surface area contributed by atoms with Gasteiger partial charge in [-0.1, -0.05) is 18.2 Å². The highest BCUT2D eigenvalue weighted by Gasteiger charge is 2.28. The number of amides is 1. The molecule has 0 atom stereocenters. The van der Waals surface area contributed by atoms with Crippen LogP contribution in [0.5, 0.6) is 0 Å². The fourth-order valence-corrected chi connectivity index (χ4v) is 3.78. The minimum absolute atomic E-state index is 0.00134. The van der Waals surface area contributed by atoms with Gasteiger partial charge in [-0.15, -0.1) is 0 Å². The van der Waals surface area contributed by atoms with Gasteiger partial charge in [-0.3, -0.25) is 14.2 Å². The third-order valence-corrected chi connectivity index (χ3v) is 5.05. The number of benzene rings is 2. The van der Waals surface area contributed by atoms with Crippen LogP contribution in [-0.4, -0.2) is 33.0 Å². The van der Waals surface area contributed by atoms with E-state index in [0.29, 0.717) is 19.4 Å². The van der Waals surface area contributed by atoms with Gasteiger partial charge in [-0.05, 0) is 30.7 Å². The van der Waals surface area contributed by atoms with Crippen LogP contribution in [0.2, 0.25) is 0 Å². The molecule has 0 spiro atoms. The summed E-state index contributed by atoms with van der Waals surface area (Å²) in [6.07, 6.45) is 0.947. The summed E-state index contributed by atoms with van der Waals surface area (Å²) in [5.74, 6) is -3.04. The monoisotopic (exact) mass is 398 g/mol. The number of hydrogen-bond donors (Lipinski definition) is 1. The summed E-state index contributed by atoms with van der Waals surface area (Å²) in [6.45, 7) is 0.259. The first-order valence-corrected chi connectivity index (χ1v) is 9.01. The quantitative estimate of drug-likeness (QED) is 0.733. The highest BCUT2D eigenvalue weighted by atomic mass is 19.1. The Morgan fingerprint density at radius 1 is 1.10 bits per heavy atom. The number of halogens is 2. The predicted molar refractivity (Wildman–Crippen MR) is 101 cm³/mol. The van der Waals surface area contributed by atoms with Crippen molar-refractivity contribution in [3.05, 3.63) is 75.7 Å². The second-order valence-corrected chi connectivity index (χ2v) is 6.83. The van der Waals surface area contributed by atoms with Crippen LogP contribution >= 0.6 is 0 Å². The number of rotatable bonds is 4. The molecule has 3 aromatic rings. The number of carboxylic acids is 1. The molecule has 8 heteroatoms. The standard InChI is InChI=1S/C21H16F2N2O4/c22-12-4-1-5-13(10-12)25-16(11-24-9-3-8-17(24)26)19(21(28)29)14-6-2-7-15(23)18(14)20(25)27/h1-2,4-7,10H,3,8-9,11H2,(H,28,29). The van der Waals surface area contributed by atoms with E-state index in [-0.39, 0.29) is 34.8 Å². The molecule has 1 aliphatic heterocycles. The maximum absolute atomic E-state index is 14.5. The number of carboxylic acid groups (broad SMARTS) is 1. The Kier molecular flexibility index (Phi) is 4.62. The Hall–Kier alpha value is -3.55. The van der Waals surface area contributed by atoms with Crippen molar-refractivity contribution in [2.75, 3.05) is 6.54 Å². The first kappa shape index (κ1) is 18.8. The fraction of sp³-hybridized carbons (Fsp3) is 0.190. The first-order valence-electron chi connectivity index (χ1n) is 9.01. The number of aromatic carboxylic acids is 1. The van der Waals surface area contributed by atoms with Gasteiger partial charge in [0.1, 0.15) is 11.6 Å². The summed E-state index contributed by atoms with van der Waals surface area (Å²) in [7, 11) is 0. The van der Waals surface area contributed by atoms with Crippen LogP contribution < -0.4 is 5.56 Å². The molecule has 2 aromatic carbocycles. The minimum atomic E-state index is -1.37. The number of hydrogen-bond acceptors (Lipinski definition) is 3. The minimum Gasteiger partial charge on any atom is -0.478 e. The van der Waals surface area contributed by atoms with Crippen molar-refractivity contribution in [2.24, 2.45) is 0 Å². The second kappa shape index (κ2) is 7.12.